The third-order valence-corrected chi connectivity index (χ3v) is 1.54. The van der Waals surface area contributed by atoms with Gasteiger partial charge in [0.15, 0.2) is 0 Å². The minimum atomic E-state index is -0.169. The number of rotatable bonds is 4. The van der Waals surface area contributed by atoms with Gasteiger partial charge in [-0.2, -0.15) is 5.10 Å². The van der Waals surface area contributed by atoms with Crippen LogP contribution in [-0.4, -0.2) is 35.9 Å². The molecule has 1 aromatic heterocycles. The van der Waals surface area contributed by atoms with Crippen molar-refractivity contribution in [2.75, 3.05) is 20.3 Å². The lowest BCUT2D eigenvalue weighted by Crippen LogP contribution is -2.27. The van der Waals surface area contributed by atoms with E-state index in [9.17, 15) is 4.79 Å². The van der Waals surface area contributed by atoms with E-state index in [1.807, 2.05) is 0 Å². The molecule has 0 bridgehead atoms. The first kappa shape index (κ1) is 9.73. The highest BCUT2D eigenvalue weighted by Crippen LogP contribution is 1.92. The molecule has 0 aliphatic carbocycles. The van der Waals surface area contributed by atoms with Gasteiger partial charge in [-0.15, -0.1) is 0 Å². The molecule has 0 saturated heterocycles. The SMILES string of the molecule is COCCNC(=O)c1ccn(C)n1. The molecule has 0 fully saturated rings. The van der Waals surface area contributed by atoms with Gasteiger partial charge in [0.05, 0.1) is 6.61 Å². The second kappa shape index (κ2) is 4.61. The number of methoxy groups -OCH3 is 1. The van der Waals surface area contributed by atoms with Crippen LogP contribution in [0.15, 0.2) is 12.3 Å². The van der Waals surface area contributed by atoms with Crippen LogP contribution in [0, 0.1) is 0 Å². The van der Waals surface area contributed by atoms with Gasteiger partial charge in [-0.25, -0.2) is 0 Å². The Labute approximate surface area is 76.7 Å². The average molecular weight is 183 g/mol. The largest absolute Gasteiger partial charge is 0.383 e. The second-order valence-electron chi connectivity index (χ2n) is 2.62. The molecule has 0 unspecified atom stereocenters. The first-order chi connectivity index (χ1) is 6.24. The summed E-state index contributed by atoms with van der Waals surface area (Å²) < 4.78 is 6.38. The predicted octanol–water partition coefficient (Wildman–Crippen LogP) is -0.204. The van der Waals surface area contributed by atoms with Crippen molar-refractivity contribution >= 4 is 5.91 Å². The average Bonchev–Trinajstić information content (AvgIpc) is 2.52. The zero-order valence-electron chi connectivity index (χ0n) is 7.78. The van der Waals surface area contributed by atoms with Gasteiger partial charge in [-0.05, 0) is 6.07 Å². The number of ether oxygens (including phenoxy) is 1. The van der Waals surface area contributed by atoms with E-state index in [0.717, 1.165) is 0 Å². The Hall–Kier alpha value is -1.36. The monoisotopic (exact) mass is 183 g/mol. The van der Waals surface area contributed by atoms with Crippen LogP contribution in [-0.2, 0) is 11.8 Å². The molecule has 1 amide bonds. The smallest absolute Gasteiger partial charge is 0.271 e. The van der Waals surface area contributed by atoms with E-state index in [4.69, 9.17) is 4.74 Å². The van der Waals surface area contributed by atoms with Crippen LogP contribution < -0.4 is 5.32 Å². The molecule has 13 heavy (non-hydrogen) atoms. The Bertz CT molecular complexity index is 283. The van der Waals surface area contributed by atoms with E-state index in [-0.39, 0.29) is 5.91 Å². The van der Waals surface area contributed by atoms with Crippen molar-refractivity contribution in [1.82, 2.24) is 15.1 Å². The maximum Gasteiger partial charge on any atom is 0.271 e. The summed E-state index contributed by atoms with van der Waals surface area (Å²) >= 11 is 0. The fourth-order valence-electron chi connectivity index (χ4n) is 0.893. The van der Waals surface area contributed by atoms with E-state index >= 15 is 0 Å². The molecule has 5 heteroatoms. The molecule has 1 N–H and O–H groups in total. The van der Waals surface area contributed by atoms with Crippen LogP contribution >= 0.6 is 0 Å². The number of aryl methyl sites for hydroxylation is 1. The van der Waals surface area contributed by atoms with E-state index < -0.39 is 0 Å². The summed E-state index contributed by atoms with van der Waals surface area (Å²) in [5.41, 5.74) is 0.429. The Morgan fingerprint density at radius 2 is 2.54 bits per heavy atom. The summed E-state index contributed by atoms with van der Waals surface area (Å²) in [6.45, 7) is 1.02. The third kappa shape index (κ3) is 2.87. The summed E-state index contributed by atoms with van der Waals surface area (Å²) in [6.07, 6.45) is 1.73. The number of amides is 1. The van der Waals surface area contributed by atoms with E-state index in [1.54, 1.807) is 31.1 Å². The molecule has 0 aromatic carbocycles. The van der Waals surface area contributed by atoms with Crippen molar-refractivity contribution in [3.8, 4) is 0 Å². The molecule has 0 radical (unpaired) electrons. The highest BCUT2D eigenvalue weighted by Gasteiger charge is 2.06. The molecular formula is C8H13N3O2. The number of nitrogens with zero attached hydrogens (tertiary/aromatic N) is 2. The molecule has 1 heterocycles. The van der Waals surface area contributed by atoms with Gasteiger partial charge in [0.1, 0.15) is 5.69 Å². The van der Waals surface area contributed by atoms with E-state index in [1.165, 1.54) is 0 Å². The van der Waals surface area contributed by atoms with Crippen LogP contribution in [0.25, 0.3) is 0 Å². The summed E-state index contributed by atoms with van der Waals surface area (Å²) in [5.74, 6) is -0.169. The Kier molecular flexibility index (Phi) is 3.45. The fraction of sp³-hybridized carbons (Fsp3) is 0.500. The summed E-state index contributed by atoms with van der Waals surface area (Å²) in [4.78, 5) is 11.3. The maximum absolute atomic E-state index is 11.3. The minimum absolute atomic E-state index is 0.169. The minimum Gasteiger partial charge on any atom is -0.383 e. The van der Waals surface area contributed by atoms with Crippen LogP contribution in [0.2, 0.25) is 0 Å². The van der Waals surface area contributed by atoms with Crippen molar-refractivity contribution in [3.05, 3.63) is 18.0 Å². The zero-order chi connectivity index (χ0) is 9.68. The van der Waals surface area contributed by atoms with Gasteiger partial charge in [-0.3, -0.25) is 9.48 Å². The zero-order valence-corrected chi connectivity index (χ0v) is 7.78. The number of hydrogen-bond donors (Lipinski definition) is 1. The quantitative estimate of drug-likeness (QED) is 0.657. The van der Waals surface area contributed by atoms with Gasteiger partial charge in [0.2, 0.25) is 0 Å². The van der Waals surface area contributed by atoms with Crippen molar-refractivity contribution in [3.63, 3.8) is 0 Å². The topological polar surface area (TPSA) is 56.1 Å². The lowest BCUT2D eigenvalue weighted by Gasteiger charge is -2.00. The van der Waals surface area contributed by atoms with Crippen LogP contribution in [0.4, 0.5) is 0 Å². The van der Waals surface area contributed by atoms with Crippen LogP contribution in [0.1, 0.15) is 10.5 Å². The molecule has 1 rings (SSSR count). The van der Waals surface area contributed by atoms with Gasteiger partial charge in [0.25, 0.3) is 5.91 Å². The van der Waals surface area contributed by atoms with Gasteiger partial charge >= 0.3 is 0 Å². The summed E-state index contributed by atoms with van der Waals surface area (Å²) in [6, 6.07) is 1.67. The highest BCUT2D eigenvalue weighted by molar-refractivity contribution is 5.92. The van der Waals surface area contributed by atoms with Crippen LogP contribution in [0.3, 0.4) is 0 Å². The molecule has 1 aromatic rings. The molecule has 72 valence electrons. The Morgan fingerprint density at radius 3 is 3.08 bits per heavy atom. The molecule has 5 nitrogen and oxygen atoms in total. The van der Waals surface area contributed by atoms with Gasteiger partial charge < -0.3 is 10.1 Å². The molecule has 0 aliphatic rings. The summed E-state index contributed by atoms with van der Waals surface area (Å²) in [5, 5.41) is 6.63. The maximum atomic E-state index is 11.3. The van der Waals surface area contributed by atoms with E-state index in [2.05, 4.69) is 10.4 Å². The first-order valence-corrected chi connectivity index (χ1v) is 4.01. The number of nitrogens with one attached hydrogen (secondary N) is 1. The predicted molar refractivity (Wildman–Crippen MR) is 47.4 cm³/mol. The van der Waals surface area contributed by atoms with Crippen LogP contribution in [0.5, 0.6) is 0 Å². The number of aromatic nitrogens is 2. The fourth-order valence-corrected chi connectivity index (χ4v) is 0.893. The number of carbonyl (C=O) groups excluding carboxylic acids is 1. The Balaban J connectivity index is 2.40. The second-order valence-corrected chi connectivity index (χ2v) is 2.62. The standard InChI is InChI=1S/C8H13N3O2/c1-11-5-3-7(10-11)8(12)9-4-6-13-2/h3,5H,4,6H2,1-2H3,(H,9,12). The van der Waals surface area contributed by atoms with Gasteiger partial charge in [0, 0.05) is 26.9 Å². The first-order valence-electron chi connectivity index (χ1n) is 4.01. The molecule has 0 saturated carbocycles. The third-order valence-electron chi connectivity index (χ3n) is 1.54. The van der Waals surface area contributed by atoms with Crippen molar-refractivity contribution in [2.24, 2.45) is 7.05 Å². The number of hydrogen-bond acceptors (Lipinski definition) is 3. The molecule has 0 atom stereocenters. The van der Waals surface area contributed by atoms with E-state index in [0.29, 0.717) is 18.8 Å². The molecule has 0 aliphatic heterocycles. The molecule has 0 spiro atoms. The van der Waals surface area contributed by atoms with Gasteiger partial charge in [-0.1, -0.05) is 0 Å². The normalized spacial score (nSPS) is 10.0. The highest BCUT2D eigenvalue weighted by atomic mass is 16.5. The molecular weight excluding hydrogens is 170 g/mol. The van der Waals surface area contributed by atoms with Crippen molar-refractivity contribution < 1.29 is 9.53 Å². The summed E-state index contributed by atoms with van der Waals surface area (Å²) in [7, 11) is 3.36. The lowest BCUT2D eigenvalue weighted by molar-refractivity contribution is 0.0931. The Morgan fingerprint density at radius 1 is 1.77 bits per heavy atom. The van der Waals surface area contributed by atoms with Crippen molar-refractivity contribution in [1.29, 1.82) is 0 Å². The lowest BCUT2D eigenvalue weighted by atomic mass is 10.4. The van der Waals surface area contributed by atoms with Crippen molar-refractivity contribution in [2.45, 2.75) is 0 Å². The number of carbonyl (C=O) groups is 1.